The highest BCUT2D eigenvalue weighted by molar-refractivity contribution is 5.60. The number of ether oxygens (including phenoxy) is 2. The molecule has 0 radical (unpaired) electrons. The number of nitrogens with zero attached hydrogens (tertiary/aromatic N) is 3. The van der Waals surface area contributed by atoms with Gasteiger partial charge in [0.2, 0.25) is 0 Å². The molecule has 0 atom stereocenters. The predicted octanol–water partition coefficient (Wildman–Crippen LogP) is 3.85. The van der Waals surface area contributed by atoms with E-state index < -0.39 is 0 Å². The summed E-state index contributed by atoms with van der Waals surface area (Å²) in [6, 6.07) is 19.5. The molecule has 0 amide bonds. The van der Waals surface area contributed by atoms with Crippen LogP contribution >= 0.6 is 0 Å². The van der Waals surface area contributed by atoms with Gasteiger partial charge in [-0.1, -0.05) is 18.2 Å². The second-order valence-corrected chi connectivity index (χ2v) is 5.93. The van der Waals surface area contributed by atoms with Gasteiger partial charge in [0.15, 0.2) is 0 Å². The number of hydrogen-bond acceptors (Lipinski definition) is 6. The third-order valence-electron chi connectivity index (χ3n) is 4.09. The standard InChI is InChI=1S/C20H20N4O2/c1-2-4-17(5-3-1)26-18-8-6-16(7-9-18)23-19-14-20(22-15-21-19)24-10-12-25-13-11-24/h1-9,14-15H,10-13H2,(H,21,22,23). The van der Waals surface area contributed by atoms with Crippen LogP contribution in [0.2, 0.25) is 0 Å². The topological polar surface area (TPSA) is 59.5 Å². The fourth-order valence-electron chi connectivity index (χ4n) is 2.76. The van der Waals surface area contributed by atoms with Gasteiger partial charge in [-0.3, -0.25) is 0 Å². The zero-order valence-electron chi connectivity index (χ0n) is 14.3. The van der Waals surface area contributed by atoms with E-state index >= 15 is 0 Å². The van der Waals surface area contributed by atoms with E-state index in [1.807, 2.05) is 60.7 Å². The molecule has 6 heteroatoms. The molecule has 0 unspecified atom stereocenters. The zero-order valence-corrected chi connectivity index (χ0v) is 14.3. The third-order valence-corrected chi connectivity index (χ3v) is 4.09. The maximum absolute atomic E-state index is 5.81. The number of rotatable bonds is 5. The summed E-state index contributed by atoms with van der Waals surface area (Å²) < 4.78 is 11.2. The first-order valence-corrected chi connectivity index (χ1v) is 8.61. The molecule has 4 rings (SSSR count). The van der Waals surface area contributed by atoms with Crippen molar-refractivity contribution >= 4 is 17.3 Å². The summed E-state index contributed by atoms with van der Waals surface area (Å²) in [6.07, 6.45) is 1.58. The van der Waals surface area contributed by atoms with Crippen molar-refractivity contribution in [1.82, 2.24) is 9.97 Å². The van der Waals surface area contributed by atoms with E-state index in [0.717, 1.165) is 55.1 Å². The van der Waals surface area contributed by atoms with Crippen LogP contribution in [0.15, 0.2) is 67.0 Å². The van der Waals surface area contributed by atoms with E-state index in [1.54, 1.807) is 6.33 Å². The molecule has 26 heavy (non-hydrogen) atoms. The van der Waals surface area contributed by atoms with Crippen LogP contribution in [-0.2, 0) is 4.74 Å². The Morgan fingerprint density at radius 1 is 0.885 bits per heavy atom. The van der Waals surface area contributed by atoms with Crippen LogP contribution in [0.25, 0.3) is 0 Å². The zero-order chi connectivity index (χ0) is 17.6. The average Bonchev–Trinajstić information content (AvgIpc) is 2.71. The van der Waals surface area contributed by atoms with Gasteiger partial charge in [0.25, 0.3) is 0 Å². The van der Waals surface area contributed by atoms with Crippen LogP contribution in [-0.4, -0.2) is 36.3 Å². The number of morpholine rings is 1. The highest BCUT2D eigenvalue weighted by atomic mass is 16.5. The van der Waals surface area contributed by atoms with Crippen molar-refractivity contribution in [2.75, 3.05) is 36.5 Å². The van der Waals surface area contributed by atoms with Crippen molar-refractivity contribution in [2.24, 2.45) is 0 Å². The highest BCUT2D eigenvalue weighted by Gasteiger charge is 2.13. The van der Waals surface area contributed by atoms with Crippen LogP contribution < -0.4 is 15.0 Å². The van der Waals surface area contributed by atoms with Gasteiger partial charge in [-0.15, -0.1) is 0 Å². The first-order chi connectivity index (χ1) is 12.9. The molecule has 1 N–H and O–H groups in total. The van der Waals surface area contributed by atoms with Crippen LogP contribution in [0.5, 0.6) is 11.5 Å². The largest absolute Gasteiger partial charge is 0.457 e. The minimum atomic E-state index is 0.732. The first-order valence-electron chi connectivity index (χ1n) is 8.61. The van der Waals surface area contributed by atoms with Crippen molar-refractivity contribution in [2.45, 2.75) is 0 Å². The van der Waals surface area contributed by atoms with Gasteiger partial charge in [-0.05, 0) is 36.4 Å². The number of para-hydroxylation sites is 1. The SMILES string of the molecule is c1ccc(Oc2ccc(Nc3cc(N4CCOCC4)ncn3)cc2)cc1. The maximum Gasteiger partial charge on any atom is 0.135 e. The smallest absolute Gasteiger partial charge is 0.135 e. The van der Waals surface area contributed by atoms with Crippen molar-refractivity contribution in [3.8, 4) is 11.5 Å². The summed E-state index contributed by atoms with van der Waals surface area (Å²) >= 11 is 0. The van der Waals surface area contributed by atoms with Gasteiger partial charge < -0.3 is 19.7 Å². The van der Waals surface area contributed by atoms with E-state index in [2.05, 4.69) is 20.2 Å². The van der Waals surface area contributed by atoms with Crippen molar-refractivity contribution < 1.29 is 9.47 Å². The second-order valence-electron chi connectivity index (χ2n) is 5.93. The Bertz CT molecular complexity index is 834. The summed E-state index contributed by atoms with van der Waals surface area (Å²) in [4.78, 5) is 10.9. The number of nitrogens with one attached hydrogen (secondary N) is 1. The minimum Gasteiger partial charge on any atom is -0.457 e. The lowest BCUT2D eigenvalue weighted by Crippen LogP contribution is -2.36. The summed E-state index contributed by atoms with van der Waals surface area (Å²) in [7, 11) is 0. The molecule has 1 aliphatic heterocycles. The Morgan fingerprint density at radius 3 is 2.38 bits per heavy atom. The number of hydrogen-bond donors (Lipinski definition) is 1. The summed E-state index contributed by atoms with van der Waals surface area (Å²) in [5, 5.41) is 3.31. The minimum absolute atomic E-state index is 0.732. The average molecular weight is 348 g/mol. The Morgan fingerprint density at radius 2 is 1.62 bits per heavy atom. The van der Waals surface area contributed by atoms with E-state index in [1.165, 1.54) is 0 Å². The summed E-state index contributed by atoms with van der Waals surface area (Å²) in [6.45, 7) is 3.16. The molecule has 0 saturated carbocycles. The molecule has 0 aliphatic carbocycles. The van der Waals surface area contributed by atoms with E-state index in [-0.39, 0.29) is 0 Å². The second kappa shape index (κ2) is 7.84. The van der Waals surface area contributed by atoms with Gasteiger partial charge >= 0.3 is 0 Å². The quantitative estimate of drug-likeness (QED) is 0.756. The number of benzene rings is 2. The van der Waals surface area contributed by atoms with Gasteiger partial charge in [0.1, 0.15) is 29.5 Å². The van der Waals surface area contributed by atoms with Crippen LogP contribution in [0.4, 0.5) is 17.3 Å². The van der Waals surface area contributed by atoms with Gasteiger partial charge in [-0.25, -0.2) is 9.97 Å². The summed E-state index contributed by atoms with van der Waals surface area (Å²) in [5.74, 6) is 3.28. The van der Waals surface area contributed by atoms with Crippen LogP contribution in [0.3, 0.4) is 0 Å². The lowest BCUT2D eigenvalue weighted by molar-refractivity contribution is 0.122. The van der Waals surface area contributed by atoms with Gasteiger partial charge in [0.05, 0.1) is 13.2 Å². The van der Waals surface area contributed by atoms with Crippen LogP contribution in [0.1, 0.15) is 0 Å². The predicted molar refractivity (Wildman–Crippen MR) is 101 cm³/mol. The fraction of sp³-hybridized carbons (Fsp3) is 0.200. The molecule has 1 aromatic heterocycles. The van der Waals surface area contributed by atoms with Crippen molar-refractivity contribution in [3.05, 3.63) is 67.0 Å². The lowest BCUT2D eigenvalue weighted by Gasteiger charge is -2.27. The Hall–Kier alpha value is -3.12. The molecule has 1 aliphatic rings. The Kier molecular flexibility index (Phi) is 4.93. The Labute approximate surface area is 152 Å². The van der Waals surface area contributed by atoms with E-state index in [4.69, 9.17) is 9.47 Å². The van der Waals surface area contributed by atoms with Gasteiger partial charge in [-0.2, -0.15) is 0 Å². The van der Waals surface area contributed by atoms with E-state index in [0.29, 0.717) is 0 Å². The van der Waals surface area contributed by atoms with Crippen molar-refractivity contribution in [1.29, 1.82) is 0 Å². The third kappa shape index (κ3) is 4.10. The van der Waals surface area contributed by atoms with E-state index in [9.17, 15) is 0 Å². The molecular formula is C20H20N4O2. The molecule has 132 valence electrons. The number of aromatic nitrogens is 2. The lowest BCUT2D eigenvalue weighted by atomic mass is 10.3. The highest BCUT2D eigenvalue weighted by Crippen LogP contribution is 2.24. The molecule has 1 saturated heterocycles. The summed E-state index contributed by atoms with van der Waals surface area (Å²) in [5.41, 5.74) is 0.942. The van der Waals surface area contributed by atoms with Gasteiger partial charge in [0, 0.05) is 24.8 Å². The fourth-order valence-corrected chi connectivity index (χ4v) is 2.76. The number of anilines is 3. The molecule has 0 spiro atoms. The van der Waals surface area contributed by atoms with Crippen molar-refractivity contribution in [3.63, 3.8) is 0 Å². The molecule has 2 aromatic carbocycles. The normalized spacial score (nSPS) is 14.1. The van der Waals surface area contributed by atoms with Crippen LogP contribution in [0, 0.1) is 0 Å². The first kappa shape index (κ1) is 16.4. The molecular weight excluding hydrogens is 328 g/mol. The molecule has 2 heterocycles. The Balaban J connectivity index is 1.42. The monoisotopic (exact) mass is 348 g/mol. The molecule has 0 bridgehead atoms. The molecule has 6 nitrogen and oxygen atoms in total. The molecule has 1 fully saturated rings. The maximum atomic E-state index is 5.81. The molecule has 3 aromatic rings.